The maximum Gasteiger partial charge on any atom is 0.433 e. The van der Waals surface area contributed by atoms with E-state index in [1.165, 1.54) is 6.07 Å². The second kappa shape index (κ2) is 5.76. The number of hydrogen-bond donors (Lipinski definition) is 1. The summed E-state index contributed by atoms with van der Waals surface area (Å²) in [7, 11) is 0. The third kappa shape index (κ3) is 2.92. The fourth-order valence-corrected chi connectivity index (χ4v) is 3.87. The number of piperazine rings is 1. The van der Waals surface area contributed by atoms with Crippen molar-refractivity contribution in [2.75, 3.05) is 19.6 Å². The van der Waals surface area contributed by atoms with Crippen LogP contribution in [0.15, 0.2) is 12.1 Å². The van der Waals surface area contributed by atoms with Crippen molar-refractivity contribution in [1.82, 2.24) is 15.2 Å². The Kier molecular flexibility index (Phi) is 4.05. The Labute approximate surface area is 135 Å². The number of rotatable bonds is 1. The number of alkyl halides is 3. The first-order valence-corrected chi connectivity index (χ1v) is 8.09. The summed E-state index contributed by atoms with van der Waals surface area (Å²) in [4.78, 5) is 18.9. The maximum absolute atomic E-state index is 12.8. The van der Waals surface area contributed by atoms with Crippen LogP contribution in [0.25, 0.3) is 10.2 Å². The lowest BCUT2D eigenvalue weighted by Gasteiger charge is -2.33. The molecule has 1 saturated heterocycles. The molecular formula is C15H16F3N3OS. The number of pyridine rings is 1. The Hall–Kier alpha value is -1.67. The monoisotopic (exact) mass is 343 g/mol. The summed E-state index contributed by atoms with van der Waals surface area (Å²) in [5.74, 6) is -0.131. The minimum Gasteiger partial charge on any atom is -0.333 e. The third-order valence-electron chi connectivity index (χ3n) is 4.05. The van der Waals surface area contributed by atoms with E-state index in [1.807, 2.05) is 6.92 Å². The number of halogens is 3. The van der Waals surface area contributed by atoms with E-state index in [0.717, 1.165) is 23.9 Å². The van der Waals surface area contributed by atoms with Crippen molar-refractivity contribution in [3.63, 3.8) is 0 Å². The zero-order valence-electron chi connectivity index (χ0n) is 12.7. The molecule has 3 heterocycles. The van der Waals surface area contributed by atoms with E-state index in [2.05, 4.69) is 10.3 Å². The van der Waals surface area contributed by atoms with Gasteiger partial charge in [-0.15, -0.1) is 11.3 Å². The van der Waals surface area contributed by atoms with E-state index in [1.54, 1.807) is 11.8 Å². The number of nitrogens with one attached hydrogen (secondary N) is 1. The average molecular weight is 343 g/mol. The second-order valence-electron chi connectivity index (χ2n) is 5.65. The molecule has 0 radical (unpaired) electrons. The number of aromatic nitrogens is 1. The van der Waals surface area contributed by atoms with Gasteiger partial charge < -0.3 is 10.2 Å². The van der Waals surface area contributed by atoms with Crippen molar-refractivity contribution in [3.05, 3.63) is 28.3 Å². The highest BCUT2D eigenvalue weighted by atomic mass is 32.1. The highest BCUT2D eigenvalue weighted by Crippen LogP contribution is 2.34. The zero-order chi connectivity index (χ0) is 16.8. The van der Waals surface area contributed by atoms with Gasteiger partial charge in [0.25, 0.3) is 5.91 Å². The molecule has 23 heavy (non-hydrogen) atoms. The van der Waals surface area contributed by atoms with Crippen LogP contribution in [-0.4, -0.2) is 41.5 Å². The molecule has 124 valence electrons. The Balaban J connectivity index is 2.01. The lowest BCUT2D eigenvalue weighted by Crippen LogP contribution is -2.52. The van der Waals surface area contributed by atoms with Crippen LogP contribution in [0.4, 0.5) is 13.2 Å². The third-order valence-corrected chi connectivity index (χ3v) is 5.24. The zero-order valence-corrected chi connectivity index (χ0v) is 13.5. The minimum absolute atomic E-state index is 0.0551. The van der Waals surface area contributed by atoms with Crippen LogP contribution in [0.5, 0.6) is 0 Å². The van der Waals surface area contributed by atoms with E-state index >= 15 is 0 Å². The number of hydrogen-bond acceptors (Lipinski definition) is 4. The lowest BCUT2D eigenvalue weighted by atomic mass is 10.1. The molecule has 1 N–H and O–H groups in total. The highest BCUT2D eigenvalue weighted by molar-refractivity contribution is 7.20. The standard InChI is InChI=1S/C15H16F3N3OS/c1-8-7-19-5-6-21(8)14(22)12-9(2)10-3-4-11(15(16,17)18)20-13(10)23-12/h3-4,8,19H,5-7H2,1-2H3/t8-/m0/s1. The number of aryl methyl sites for hydroxylation is 1. The fraction of sp³-hybridized carbons (Fsp3) is 0.467. The van der Waals surface area contributed by atoms with Gasteiger partial charge in [0.2, 0.25) is 0 Å². The molecule has 0 bridgehead atoms. The molecule has 2 aromatic rings. The molecule has 8 heteroatoms. The second-order valence-corrected chi connectivity index (χ2v) is 6.65. The summed E-state index contributed by atoms with van der Waals surface area (Å²) in [6.07, 6.45) is -4.48. The Morgan fingerprint density at radius 2 is 2.17 bits per heavy atom. The van der Waals surface area contributed by atoms with Crippen molar-refractivity contribution in [2.45, 2.75) is 26.1 Å². The number of amides is 1. The van der Waals surface area contributed by atoms with Crippen LogP contribution in [-0.2, 0) is 6.18 Å². The molecule has 0 unspecified atom stereocenters. The molecule has 1 aliphatic rings. The molecule has 2 aromatic heterocycles. The molecular weight excluding hydrogens is 327 g/mol. The van der Waals surface area contributed by atoms with Crippen molar-refractivity contribution in [3.8, 4) is 0 Å². The minimum atomic E-state index is -4.48. The van der Waals surface area contributed by atoms with Crippen LogP contribution in [0.2, 0.25) is 0 Å². The van der Waals surface area contributed by atoms with Gasteiger partial charge in [0, 0.05) is 31.1 Å². The van der Waals surface area contributed by atoms with Gasteiger partial charge in [0.1, 0.15) is 10.5 Å². The predicted octanol–water partition coefficient (Wildman–Crippen LogP) is 3.06. The number of carbonyl (C=O) groups excluding carboxylic acids is 1. The van der Waals surface area contributed by atoms with Gasteiger partial charge in [-0.1, -0.05) is 0 Å². The number of fused-ring (bicyclic) bond motifs is 1. The summed E-state index contributed by atoms with van der Waals surface area (Å²) in [5.41, 5.74) is -0.234. The molecule has 1 fully saturated rings. The molecule has 1 aliphatic heterocycles. The first-order valence-electron chi connectivity index (χ1n) is 7.28. The molecule has 3 rings (SSSR count). The van der Waals surface area contributed by atoms with Gasteiger partial charge >= 0.3 is 6.18 Å². The molecule has 1 atom stereocenters. The Morgan fingerprint density at radius 3 is 2.83 bits per heavy atom. The van der Waals surface area contributed by atoms with E-state index in [9.17, 15) is 18.0 Å². The topological polar surface area (TPSA) is 45.2 Å². The maximum atomic E-state index is 12.8. The van der Waals surface area contributed by atoms with Crippen molar-refractivity contribution < 1.29 is 18.0 Å². The van der Waals surface area contributed by atoms with E-state index in [0.29, 0.717) is 28.9 Å². The van der Waals surface area contributed by atoms with Gasteiger partial charge in [-0.3, -0.25) is 4.79 Å². The van der Waals surface area contributed by atoms with Crippen LogP contribution in [0, 0.1) is 6.92 Å². The average Bonchev–Trinajstić information content (AvgIpc) is 2.83. The SMILES string of the molecule is Cc1c(C(=O)N2CCNC[C@@H]2C)sc2nc(C(F)(F)F)ccc12. The number of thiophene rings is 1. The van der Waals surface area contributed by atoms with Crippen LogP contribution in [0.3, 0.4) is 0 Å². The predicted molar refractivity (Wildman–Crippen MR) is 82.7 cm³/mol. The molecule has 0 spiro atoms. The van der Waals surface area contributed by atoms with E-state index in [4.69, 9.17) is 0 Å². The molecule has 0 saturated carbocycles. The van der Waals surface area contributed by atoms with Crippen LogP contribution in [0.1, 0.15) is 27.9 Å². The smallest absolute Gasteiger partial charge is 0.333 e. The Morgan fingerprint density at radius 1 is 1.43 bits per heavy atom. The first-order chi connectivity index (χ1) is 10.8. The van der Waals surface area contributed by atoms with E-state index < -0.39 is 11.9 Å². The van der Waals surface area contributed by atoms with E-state index in [-0.39, 0.29) is 16.8 Å². The van der Waals surface area contributed by atoms with Gasteiger partial charge in [-0.2, -0.15) is 13.2 Å². The van der Waals surface area contributed by atoms with Crippen LogP contribution < -0.4 is 5.32 Å². The molecule has 0 aromatic carbocycles. The van der Waals surface area contributed by atoms with Crippen molar-refractivity contribution >= 4 is 27.5 Å². The summed E-state index contributed by atoms with van der Waals surface area (Å²) in [5, 5.41) is 3.81. The lowest BCUT2D eigenvalue weighted by molar-refractivity contribution is -0.140. The summed E-state index contributed by atoms with van der Waals surface area (Å²) < 4.78 is 38.4. The first kappa shape index (κ1) is 16.2. The number of carbonyl (C=O) groups is 1. The fourth-order valence-electron chi connectivity index (χ4n) is 2.73. The van der Waals surface area contributed by atoms with Crippen LogP contribution >= 0.6 is 11.3 Å². The summed E-state index contributed by atoms with van der Waals surface area (Å²) in [6, 6.07) is 2.41. The van der Waals surface area contributed by atoms with Crippen molar-refractivity contribution in [2.24, 2.45) is 0 Å². The Bertz CT molecular complexity index is 756. The van der Waals surface area contributed by atoms with Gasteiger partial charge in [-0.05, 0) is 31.5 Å². The van der Waals surface area contributed by atoms with Crippen molar-refractivity contribution in [1.29, 1.82) is 0 Å². The highest BCUT2D eigenvalue weighted by Gasteiger charge is 2.33. The van der Waals surface area contributed by atoms with Gasteiger partial charge in [0.05, 0.1) is 4.88 Å². The summed E-state index contributed by atoms with van der Waals surface area (Å²) in [6.45, 7) is 5.73. The molecule has 0 aliphatic carbocycles. The normalized spacial score (nSPS) is 19.3. The molecule has 4 nitrogen and oxygen atoms in total. The molecule has 1 amide bonds. The van der Waals surface area contributed by atoms with Gasteiger partial charge in [-0.25, -0.2) is 4.98 Å². The quantitative estimate of drug-likeness (QED) is 0.866. The van der Waals surface area contributed by atoms with Gasteiger partial charge in [0.15, 0.2) is 0 Å². The summed E-state index contributed by atoms with van der Waals surface area (Å²) >= 11 is 1.04. The largest absolute Gasteiger partial charge is 0.433 e. The number of nitrogens with zero attached hydrogens (tertiary/aromatic N) is 2.